The van der Waals surface area contributed by atoms with Crippen molar-refractivity contribution in [2.45, 2.75) is 13.8 Å². The molecule has 0 aliphatic carbocycles. The molecule has 0 radical (unpaired) electrons. The molecule has 0 fully saturated rings. The molecule has 1 N–H and O–H groups in total. The van der Waals surface area contributed by atoms with Crippen LogP contribution in [-0.4, -0.2) is 30.2 Å². The lowest BCUT2D eigenvalue weighted by Gasteiger charge is -2.16. The Morgan fingerprint density at radius 3 is 2.68 bits per heavy atom. The third kappa shape index (κ3) is 2.63. The van der Waals surface area contributed by atoms with Crippen LogP contribution in [0.5, 0.6) is 11.5 Å². The number of fused-ring (bicyclic) bond motifs is 1. The summed E-state index contributed by atoms with van der Waals surface area (Å²) in [5, 5.41) is 6.74. The number of nitrogens with zero attached hydrogens (tertiary/aromatic N) is 1. The number of hydrogen-bond donors (Lipinski definition) is 1. The minimum atomic E-state index is -3.44. The zero-order valence-corrected chi connectivity index (χ0v) is 13.3. The molecule has 3 rings (SSSR count). The Kier molecular flexibility index (Phi) is 4.20. The quantitative estimate of drug-likeness (QED) is 0.823. The first kappa shape index (κ1) is 15.1. The summed E-state index contributed by atoms with van der Waals surface area (Å²) in [5.74, 6) is 1.33. The van der Waals surface area contributed by atoms with Crippen molar-refractivity contribution >= 4 is 13.0 Å². The molecule has 8 heteroatoms. The van der Waals surface area contributed by atoms with Crippen molar-refractivity contribution in [3.63, 3.8) is 0 Å². The van der Waals surface area contributed by atoms with Crippen molar-refractivity contribution in [2.75, 3.05) is 20.0 Å². The van der Waals surface area contributed by atoms with E-state index in [9.17, 15) is 4.57 Å². The Morgan fingerprint density at radius 1 is 1.23 bits per heavy atom. The molecule has 2 heterocycles. The number of nitrogens with one attached hydrogen (secondary N) is 1. The first-order valence-corrected chi connectivity index (χ1v) is 8.55. The summed E-state index contributed by atoms with van der Waals surface area (Å²) in [4.78, 5) is 0. The smallest absolute Gasteiger partial charge is 0.379 e. The number of aromatic nitrogens is 2. The fourth-order valence-corrected chi connectivity index (χ4v) is 3.94. The van der Waals surface area contributed by atoms with Crippen LogP contribution in [0, 0.1) is 0 Å². The lowest BCUT2D eigenvalue weighted by molar-refractivity contribution is 0.174. The van der Waals surface area contributed by atoms with Gasteiger partial charge < -0.3 is 18.5 Å². The highest BCUT2D eigenvalue weighted by Gasteiger charge is 2.32. The lowest BCUT2D eigenvalue weighted by Crippen LogP contribution is -2.14. The molecular formula is C14H17N2O5P. The van der Waals surface area contributed by atoms with Gasteiger partial charge in [0.25, 0.3) is 0 Å². The summed E-state index contributed by atoms with van der Waals surface area (Å²) >= 11 is 0. The van der Waals surface area contributed by atoms with E-state index in [1.165, 1.54) is 0 Å². The van der Waals surface area contributed by atoms with Crippen LogP contribution in [0.4, 0.5) is 0 Å². The van der Waals surface area contributed by atoms with Gasteiger partial charge >= 0.3 is 7.60 Å². The van der Waals surface area contributed by atoms with Crippen molar-refractivity contribution in [2.24, 2.45) is 0 Å². The number of aromatic amines is 1. The van der Waals surface area contributed by atoms with E-state index < -0.39 is 7.60 Å². The third-order valence-corrected chi connectivity index (χ3v) is 5.26. The van der Waals surface area contributed by atoms with E-state index in [4.69, 9.17) is 18.5 Å². The fraction of sp³-hybridized carbons (Fsp3) is 0.357. The Balaban J connectivity index is 2.03. The molecule has 2 aromatic rings. The Hall–Kier alpha value is -1.82. The molecule has 0 atom stereocenters. The molecule has 1 aliphatic heterocycles. The van der Waals surface area contributed by atoms with Gasteiger partial charge in [-0.3, -0.25) is 9.66 Å². The van der Waals surface area contributed by atoms with E-state index in [1.54, 1.807) is 26.1 Å². The number of H-pyrrole nitrogens is 1. The molecule has 0 spiro atoms. The highest BCUT2D eigenvalue weighted by Crippen LogP contribution is 2.49. The van der Waals surface area contributed by atoms with E-state index in [-0.39, 0.29) is 20.0 Å². The van der Waals surface area contributed by atoms with Gasteiger partial charge in [0.1, 0.15) is 0 Å². The molecule has 7 nitrogen and oxygen atoms in total. The van der Waals surface area contributed by atoms with Gasteiger partial charge in [-0.25, -0.2) is 0 Å². The first-order valence-electron chi connectivity index (χ1n) is 7.01. The highest BCUT2D eigenvalue weighted by molar-refractivity contribution is 7.62. The van der Waals surface area contributed by atoms with Gasteiger partial charge in [0.05, 0.1) is 19.4 Å². The number of ether oxygens (including phenoxy) is 2. The van der Waals surface area contributed by atoms with E-state index >= 15 is 0 Å². The molecule has 0 saturated carbocycles. The van der Waals surface area contributed by atoms with Crippen molar-refractivity contribution in [1.82, 2.24) is 10.2 Å². The molecule has 22 heavy (non-hydrogen) atoms. The fourth-order valence-electron chi connectivity index (χ4n) is 2.27. The maximum Gasteiger partial charge on any atom is 0.379 e. The van der Waals surface area contributed by atoms with Gasteiger partial charge in [-0.2, -0.15) is 5.10 Å². The molecule has 0 unspecified atom stereocenters. The lowest BCUT2D eigenvalue weighted by atomic mass is 10.1. The second kappa shape index (κ2) is 6.12. The number of rotatable bonds is 6. The van der Waals surface area contributed by atoms with Gasteiger partial charge in [0.2, 0.25) is 6.79 Å². The maximum absolute atomic E-state index is 12.9. The largest absolute Gasteiger partial charge is 0.454 e. The molecule has 1 aromatic heterocycles. The SMILES string of the molecule is CCOP(=O)(OCC)c1[nH]ncc1-c1ccc2c(c1)OCO2. The Labute approximate surface area is 128 Å². The van der Waals surface area contributed by atoms with Crippen LogP contribution in [0.3, 0.4) is 0 Å². The molecule has 0 bridgehead atoms. The standard InChI is InChI=1S/C14H17N2O5P/c1-3-20-22(17,21-4-2)14-11(8-15-16-14)10-5-6-12-13(7-10)19-9-18-12/h5-8H,3-4,9H2,1-2H3,(H,15,16). The van der Waals surface area contributed by atoms with Gasteiger partial charge in [-0.1, -0.05) is 6.07 Å². The summed E-state index contributed by atoms with van der Waals surface area (Å²) in [6, 6.07) is 5.48. The summed E-state index contributed by atoms with van der Waals surface area (Å²) in [6.45, 7) is 4.28. The number of hydrogen-bond acceptors (Lipinski definition) is 6. The normalized spacial score (nSPS) is 13.5. The molecular weight excluding hydrogens is 307 g/mol. The zero-order valence-electron chi connectivity index (χ0n) is 12.4. The number of benzene rings is 1. The third-order valence-electron chi connectivity index (χ3n) is 3.17. The van der Waals surface area contributed by atoms with Crippen LogP contribution in [0.2, 0.25) is 0 Å². The highest BCUT2D eigenvalue weighted by atomic mass is 31.2. The summed E-state index contributed by atoms with van der Waals surface area (Å²) < 4.78 is 34.4. The monoisotopic (exact) mass is 324 g/mol. The van der Waals surface area contributed by atoms with Crippen LogP contribution in [0.25, 0.3) is 11.1 Å². The summed E-state index contributed by atoms with van der Waals surface area (Å²) in [6.07, 6.45) is 1.59. The molecule has 0 amide bonds. The second-order valence-corrected chi connectivity index (χ2v) is 6.49. The van der Waals surface area contributed by atoms with Crippen LogP contribution in [0.15, 0.2) is 24.4 Å². The maximum atomic E-state index is 12.9. The van der Waals surface area contributed by atoms with Crippen LogP contribution in [0.1, 0.15) is 13.8 Å². The molecule has 118 valence electrons. The van der Waals surface area contributed by atoms with Crippen LogP contribution < -0.4 is 14.9 Å². The van der Waals surface area contributed by atoms with Crippen LogP contribution >= 0.6 is 7.60 Å². The van der Waals surface area contributed by atoms with E-state index in [1.807, 2.05) is 12.1 Å². The zero-order chi connectivity index (χ0) is 15.6. The van der Waals surface area contributed by atoms with Crippen LogP contribution in [-0.2, 0) is 13.6 Å². The van der Waals surface area contributed by atoms with E-state index in [0.29, 0.717) is 22.5 Å². The Bertz CT molecular complexity index is 705. The summed E-state index contributed by atoms with van der Waals surface area (Å²) in [7, 11) is -3.44. The van der Waals surface area contributed by atoms with Crippen molar-refractivity contribution in [3.05, 3.63) is 24.4 Å². The Morgan fingerprint density at radius 2 is 1.95 bits per heavy atom. The molecule has 0 saturated heterocycles. The van der Waals surface area contributed by atoms with Gasteiger partial charge in [0.15, 0.2) is 16.9 Å². The van der Waals surface area contributed by atoms with Crippen molar-refractivity contribution < 1.29 is 23.1 Å². The minimum Gasteiger partial charge on any atom is -0.454 e. The molecule has 1 aliphatic rings. The van der Waals surface area contributed by atoms with Crippen molar-refractivity contribution in [3.8, 4) is 22.6 Å². The van der Waals surface area contributed by atoms with E-state index in [2.05, 4.69) is 10.2 Å². The average Bonchev–Trinajstić information content (AvgIpc) is 3.16. The molecule has 1 aromatic carbocycles. The van der Waals surface area contributed by atoms with Gasteiger partial charge in [0, 0.05) is 5.56 Å². The topological polar surface area (TPSA) is 82.7 Å². The van der Waals surface area contributed by atoms with Crippen molar-refractivity contribution in [1.29, 1.82) is 0 Å². The average molecular weight is 324 g/mol. The second-order valence-electron chi connectivity index (χ2n) is 4.53. The van der Waals surface area contributed by atoms with Gasteiger partial charge in [-0.05, 0) is 31.5 Å². The minimum absolute atomic E-state index is 0.202. The predicted molar refractivity (Wildman–Crippen MR) is 80.6 cm³/mol. The summed E-state index contributed by atoms with van der Waals surface area (Å²) in [5.41, 5.74) is 1.80. The first-order chi connectivity index (χ1) is 10.7. The predicted octanol–water partition coefficient (Wildman–Crippen LogP) is 2.70. The van der Waals surface area contributed by atoms with Gasteiger partial charge in [-0.15, -0.1) is 0 Å². The van der Waals surface area contributed by atoms with E-state index in [0.717, 1.165) is 5.56 Å².